The van der Waals surface area contributed by atoms with Crippen LogP contribution in [-0.4, -0.2) is 20.8 Å². The maximum Gasteiger partial charge on any atom is 0.131 e. The van der Waals surface area contributed by atoms with Crippen molar-refractivity contribution in [2.45, 2.75) is 32.5 Å². The zero-order valence-electron chi connectivity index (χ0n) is 12.9. The van der Waals surface area contributed by atoms with Crippen molar-refractivity contribution in [1.29, 1.82) is 0 Å². The first-order valence-corrected chi connectivity index (χ1v) is 7.51. The molecule has 0 amide bonds. The molecule has 2 aromatic carbocycles. The van der Waals surface area contributed by atoms with Crippen LogP contribution >= 0.6 is 0 Å². The number of hydrogen-bond acceptors (Lipinski definition) is 3. The minimum absolute atomic E-state index is 0.314. The predicted octanol–water partition coefficient (Wildman–Crippen LogP) is 2.77. The number of aromatic nitrogens is 2. The van der Waals surface area contributed by atoms with E-state index >= 15 is 0 Å². The number of aliphatic hydroxyl groups excluding tert-OH is 1. The molecule has 4 heteroatoms. The Morgan fingerprint density at radius 2 is 1.95 bits per heavy atom. The molecule has 2 unspecified atom stereocenters. The molecule has 0 aliphatic rings. The van der Waals surface area contributed by atoms with Crippen LogP contribution in [0.4, 0.5) is 0 Å². The summed E-state index contributed by atoms with van der Waals surface area (Å²) < 4.78 is 2.02. The molecule has 0 spiro atoms. The second-order valence-electron chi connectivity index (χ2n) is 5.81. The van der Waals surface area contributed by atoms with Crippen molar-refractivity contribution in [3.8, 4) is 0 Å². The smallest absolute Gasteiger partial charge is 0.131 e. The second-order valence-corrected chi connectivity index (χ2v) is 5.81. The van der Waals surface area contributed by atoms with E-state index in [4.69, 9.17) is 10.7 Å². The summed E-state index contributed by atoms with van der Waals surface area (Å²) in [6, 6.07) is 15.8. The number of nitrogens with zero attached hydrogens (tertiary/aromatic N) is 2. The number of aryl methyl sites for hydroxylation is 1. The minimum Gasteiger partial charge on any atom is -0.392 e. The van der Waals surface area contributed by atoms with Crippen molar-refractivity contribution in [3.63, 3.8) is 0 Å². The third kappa shape index (κ3) is 2.75. The maximum absolute atomic E-state index is 9.82. The van der Waals surface area contributed by atoms with Crippen LogP contribution in [0.15, 0.2) is 48.5 Å². The average molecular weight is 295 g/mol. The number of nitrogens with two attached hydrogens (primary N) is 1. The van der Waals surface area contributed by atoms with Crippen LogP contribution in [-0.2, 0) is 6.54 Å². The Morgan fingerprint density at radius 1 is 1.18 bits per heavy atom. The lowest BCUT2D eigenvalue weighted by Crippen LogP contribution is -2.21. The number of aliphatic hydroxyl groups is 1. The molecular formula is C18H21N3O. The number of rotatable bonds is 4. The van der Waals surface area contributed by atoms with E-state index in [2.05, 4.69) is 19.1 Å². The standard InChI is InChI=1S/C18H21N3O/c1-12-6-5-7-14(10-12)17(19)18-20-15-8-3-4-9-16(15)21(18)11-13(2)22/h3-10,13,17,22H,11,19H2,1-2H3. The summed E-state index contributed by atoms with van der Waals surface area (Å²) >= 11 is 0. The van der Waals surface area contributed by atoms with Crippen molar-refractivity contribution in [3.05, 3.63) is 65.5 Å². The molecule has 0 fully saturated rings. The lowest BCUT2D eigenvalue weighted by atomic mass is 10.0. The van der Waals surface area contributed by atoms with Gasteiger partial charge in [-0.25, -0.2) is 4.98 Å². The average Bonchev–Trinajstić information content (AvgIpc) is 2.85. The van der Waals surface area contributed by atoms with Gasteiger partial charge < -0.3 is 15.4 Å². The van der Waals surface area contributed by atoms with Crippen LogP contribution in [0.3, 0.4) is 0 Å². The van der Waals surface area contributed by atoms with E-state index in [1.807, 2.05) is 41.0 Å². The number of benzene rings is 2. The summed E-state index contributed by atoms with van der Waals surface area (Å²) in [5.41, 5.74) is 10.6. The molecule has 22 heavy (non-hydrogen) atoms. The van der Waals surface area contributed by atoms with Gasteiger partial charge in [0.25, 0.3) is 0 Å². The Hall–Kier alpha value is -2.17. The van der Waals surface area contributed by atoms with E-state index in [1.54, 1.807) is 6.92 Å². The van der Waals surface area contributed by atoms with Crippen LogP contribution in [0, 0.1) is 6.92 Å². The highest BCUT2D eigenvalue weighted by molar-refractivity contribution is 5.76. The Labute approximate surface area is 130 Å². The molecule has 0 aliphatic heterocycles. The molecule has 1 heterocycles. The number of para-hydroxylation sites is 2. The van der Waals surface area contributed by atoms with Gasteiger partial charge in [0.1, 0.15) is 5.82 Å². The van der Waals surface area contributed by atoms with Crippen molar-refractivity contribution in [1.82, 2.24) is 9.55 Å². The molecule has 0 saturated heterocycles. The lowest BCUT2D eigenvalue weighted by molar-refractivity contribution is 0.173. The van der Waals surface area contributed by atoms with Crippen LogP contribution in [0.1, 0.15) is 29.9 Å². The van der Waals surface area contributed by atoms with Crippen LogP contribution in [0.5, 0.6) is 0 Å². The van der Waals surface area contributed by atoms with E-state index < -0.39 is 6.10 Å². The topological polar surface area (TPSA) is 64.1 Å². The third-order valence-corrected chi connectivity index (χ3v) is 3.81. The molecule has 1 aromatic heterocycles. The fraction of sp³-hybridized carbons (Fsp3) is 0.278. The quantitative estimate of drug-likeness (QED) is 0.778. The summed E-state index contributed by atoms with van der Waals surface area (Å²) in [5.74, 6) is 0.785. The SMILES string of the molecule is Cc1cccc(C(N)c2nc3ccccc3n2CC(C)O)c1. The molecule has 0 aliphatic carbocycles. The summed E-state index contributed by atoms with van der Waals surface area (Å²) in [5, 5.41) is 9.82. The first kappa shape index (κ1) is 14.8. The van der Waals surface area contributed by atoms with E-state index in [0.717, 1.165) is 22.4 Å². The molecule has 0 bridgehead atoms. The van der Waals surface area contributed by atoms with E-state index in [9.17, 15) is 5.11 Å². The first-order chi connectivity index (χ1) is 10.6. The second kappa shape index (κ2) is 5.91. The summed E-state index contributed by atoms with van der Waals surface area (Å²) in [4.78, 5) is 4.70. The normalized spacial score (nSPS) is 14.2. The Morgan fingerprint density at radius 3 is 2.68 bits per heavy atom. The molecule has 3 aromatic rings. The number of hydrogen-bond donors (Lipinski definition) is 2. The molecule has 3 N–H and O–H groups in total. The highest BCUT2D eigenvalue weighted by Crippen LogP contribution is 2.25. The van der Waals surface area contributed by atoms with Gasteiger partial charge in [0.15, 0.2) is 0 Å². The van der Waals surface area contributed by atoms with Gasteiger partial charge in [-0.05, 0) is 31.5 Å². The van der Waals surface area contributed by atoms with Gasteiger partial charge in [-0.15, -0.1) is 0 Å². The van der Waals surface area contributed by atoms with Gasteiger partial charge in [-0.3, -0.25) is 0 Å². The molecule has 2 atom stereocenters. The maximum atomic E-state index is 9.82. The largest absolute Gasteiger partial charge is 0.392 e. The Balaban J connectivity index is 2.12. The number of imidazole rings is 1. The van der Waals surface area contributed by atoms with Gasteiger partial charge >= 0.3 is 0 Å². The summed E-state index contributed by atoms with van der Waals surface area (Å²) in [6.45, 7) is 4.31. The van der Waals surface area contributed by atoms with Gasteiger partial charge in [0, 0.05) is 0 Å². The first-order valence-electron chi connectivity index (χ1n) is 7.51. The molecular weight excluding hydrogens is 274 g/mol. The predicted molar refractivity (Wildman–Crippen MR) is 88.6 cm³/mol. The lowest BCUT2D eigenvalue weighted by Gasteiger charge is -2.16. The Kier molecular flexibility index (Phi) is 3.96. The minimum atomic E-state index is -0.457. The van der Waals surface area contributed by atoms with Gasteiger partial charge in [0.2, 0.25) is 0 Å². The summed E-state index contributed by atoms with van der Waals surface area (Å²) in [6.07, 6.45) is -0.457. The van der Waals surface area contributed by atoms with Crippen molar-refractivity contribution >= 4 is 11.0 Å². The van der Waals surface area contributed by atoms with E-state index in [-0.39, 0.29) is 6.04 Å². The van der Waals surface area contributed by atoms with Crippen LogP contribution in [0.25, 0.3) is 11.0 Å². The van der Waals surface area contributed by atoms with Gasteiger partial charge in [0.05, 0.1) is 29.7 Å². The zero-order valence-corrected chi connectivity index (χ0v) is 12.9. The molecule has 4 nitrogen and oxygen atoms in total. The number of fused-ring (bicyclic) bond motifs is 1. The highest BCUT2D eigenvalue weighted by Gasteiger charge is 2.19. The fourth-order valence-electron chi connectivity index (χ4n) is 2.80. The van der Waals surface area contributed by atoms with E-state index in [1.165, 1.54) is 5.56 Å². The van der Waals surface area contributed by atoms with Gasteiger partial charge in [-0.2, -0.15) is 0 Å². The van der Waals surface area contributed by atoms with E-state index in [0.29, 0.717) is 6.54 Å². The third-order valence-electron chi connectivity index (χ3n) is 3.81. The van der Waals surface area contributed by atoms with Crippen LogP contribution < -0.4 is 5.73 Å². The van der Waals surface area contributed by atoms with Crippen LogP contribution in [0.2, 0.25) is 0 Å². The zero-order chi connectivity index (χ0) is 15.7. The highest BCUT2D eigenvalue weighted by atomic mass is 16.3. The molecule has 114 valence electrons. The van der Waals surface area contributed by atoms with Crippen molar-refractivity contribution in [2.24, 2.45) is 5.73 Å². The molecule has 0 saturated carbocycles. The molecule has 3 rings (SSSR count). The Bertz CT molecular complexity index is 792. The summed E-state index contributed by atoms with van der Waals surface area (Å²) in [7, 11) is 0. The van der Waals surface area contributed by atoms with Crippen molar-refractivity contribution in [2.75, 3.05) is 0 Å². The monoisotopic (exact) mass is 295 g/mol. The fourth-order valence-corrected chi connectivity index (χ4v) is 2.80. The van der Waals surface area contributed by atoms with Gasteiger partial charge in [-0.1, -0.05) is 42.0 Å². The van der Waals surface area contributed by atoms with Crippen molar-refractivity contribution < 1.29 is 5.11 Å². The molecule has 0 radical (unpaired) electrons.